The predicted octanol–water partition coefficient (Wildman–Crippen LogP) is 4.57. The van der Waals surface area contributed by atoms with E-state index in [0.29, 0.717) is 11.6 Å². The Labute approximate surface area is 129 Å². The van der Waals surface area contributed by atoms with Gasteiger partial charge in [-0.1, -0.05) is 6.42 Å². The van der Waals surface area contributed by atoms with Crippen molar-refractivity contribution < 1.29 is 0 Å². The van der Waals surface area contributed by atoms with Crippen molar-refractivity contribution in [2.24, 2.45) is 11.8 Å². The van der Waals surface area contributed by atoms with Gasteiger partial charge in [-0.2, -0.15) is 5.26 Å². The molecule has 1 aromatic carbocycles. The normalized spacial score (nSPS) is 28.9. The van der Waals surface area contributed by atoms with Crippen LogP contribution in [-0.2, 0) is 0 Å². The zero-order valence-electron chi connectivity index (χ0n) is 12.1. The number of fused-ring (bicyclic) bond motifs is 3. The van der Waals surface area contributed by atoms with Crippen LogP contribution < -0.4 is 0 Å². The number of rotatable bonds is 2. The molecule has 4 heteroatoms. The van der Waals surface area contributed by atoms with Crippen LogP contribution in [0.2, 0.25) is 0 Å². The maximum absolute atomic E-state index is 9.17. The van der Waals surface area contributed by atoms with Crippen molar-refractivity contribution in [1.82, 2.24) is 9.55 Å². The van der Waals surface area contributed by atoms with Crippen LogP contribution in [0.5, 0.6) is 0 Å². The van der Waals surface area contributed by atoms with E-state index in [2.05, 4.69) is 10.6 Å². The number of hydrogen-bond acceptors (Lipinski definition) is 2. The van der Waals surface area contributed by atoms with Crippen LogP contribution in [-0.4, -0.2) is 9.55 Å². The maximum atomic E-state index is 9.17. The highest BCUT2D eigenvalue weighted by molar-refractivity contribution is 6.20. The fourth-order valence-corrected chi connectivity index (χ4v) is 4.49. The molecule has 2 aliphatic rings. The molecule has 1 heterocycles. The van der Waals surface area contributed by atoms with E-state index in [0.717, 1.165) is 28.7 Å². The van der Waals surface area contributed by atoms with E-state index in [1.807, 2.05) is 25.1 Å². The molecule has 0 saturated heterocycles. The van der Waals surface area contributed by atoms with Gasteiger partial charge in [0.15, 0.2) is 0 Å². The van der Waals surface area contributed by atoms with Crippen LogP contribution in [0, 0.1) is 23.2 Å². The Morgan fingerprint density at radius 3 is 2.86 bits per heavy atom. The molecule has 21 heavy (non-hydrogen) atoms. The number of nitriles is 1. The standard InChI is InChI=1S/C17H18ClN3/c1-10(18)17-20-14-5-3-12(9-19)8-16(14)21(17)15-7-11-2-4-13(15)6-11/h3,5,8,10-11,13,15H,2,4,6-7H2,1H3. The molecule has 4 unspecified atom stereocenters. The summed E-state index contributed by atoms with van der Waals surface area (Å²) in [5.74, 6) is 2.58. The lowest BCUT2D eigenvalue weighted by Crippen LogP contribution is -2.18. The minimum absolute atomic E-state index is 0.109. The zero-order chi connectivity index (χ0) is 14.6. The van der Waals surface area contributed by atoms with E-state index in [4.69, 9.17) is 21.8 Å². The third-order valence-electron chi connectivity index (χ3n) is 5.23. The Morgan fingerprint density at radius 2 is 2.24 bits per heavy atom. The van der Waals surface area contributed by atoms with E-state index >= 15 is 0 Å². The zero-order valence-corrected chi connectivity index (χ0v) is 12.8. The van der Waals surface area contributed by atoms with Gasteiger partial charge in [-0.25, -0.2) is 4.98 Å². The highest BCUT2D eigenvalue weighted by Gasteiger charge is 2.42. The van der Waals surface area contributed by atoms with Crippen LogP contribution in [0.4, 0.5) is 0 Å². The Balaban J connectivity index is 1.92. The van der Waals surface area contributed by atoms with Gasteiger partial charge in [0.25, 0.3) is 0 Å². The first-order valence-corrected chi connectivity index (χ1v) is 8.17. The minimum Gasteiger partial charge on any atom is -0.323 e. The molecular weight excluding hydrogens is 282 g/mol. The fraction of sp³-hybridized carbons (Fsp3) is 0.529. The molecular formula is C17H18ClN3. The van der Waals surface area contributed by atoms with Crippen molar-refractivity contribution in [2.45, 2.75) is 44.0 Å². The molecule has 2 fully saturated rings. The predicted molar refractivity (Wildman–Crippen MR) is 83.2 cm³/mol. The molecule has 0 N–H and O–H groups in total. The van der Waals surface area contributed by atoms with Gasteiger partial charge in [0, 0.05) is 6.04 Å². The molecule has 108 valence electrons. The summed E-state index contributed by atoms with van der Waals surface area (Å²) < 4.78 is 2.34. The van der Waals surface area contributed by atoms with Gasteiger partial charge >= 0.3 is 0 Å². The van der Waals surface area contributed by atoms with Crippen LogP contribution in [0.25, 0.3) is 11.0 Å². The van der Waals surface area contributed by atoms with Crippen molar-refractivity contribution in [3.8, 4) is 6.07 Å². The molecule has 0 spiro atoms. The molecule has 0 aliphatic heterocycles. The third kappa shape index (κ3) is 1.97. The first kappa shape index (κ1) is 13.2. The van der Waals surface area contributed by atoms with Gasteiger partial charge in [0.05, 0.1) is 28.0 Å². The molecule has 1 aromatic heterocycles. The summed E-state index contributed by atoms with van der Waals surface area (Å²) in [6.07, 6.45) is 5.29. The summed E-state index contributed by atoms with van der Waals surface area (Å²) in [5, 5.41) is 9.06. The number of nitrogens with zero attached hydrogens (tertiary/aromatic N) is 3. The second-order valence-electron chi connectivity index (χ2n) is 6.51. The van der Waals surface area contributed by atoms with Gasteiger partial charge in [0.2, 0.25) is 0 Å². The van der Waals surface area contributed by atoms with Crippen LogP contribution >= 0.6 is 11.6 Å². The van der Waals surface area contributed by atoms with E-state index in [9.17, 15) is 0 Å². The second kappa shape index (κ2) is 4.74. The van der Waals surface area contributed by atoms with Crippen molar-refractivity contribution in [2.75, 3.05) is 0 Å². The molecule has 2 saturated carbocycles. The van der Waals surface area contributed by atoms with Crippen molar-refractivity contribution in [1.29, 1.82) is 5.26 Å². The minimum atomic E-state index is -0.109. The van der Waals surface area contributed by atoms with Crippen molar-refractivity contribution >= 4 is 22.6 Å². The van der Waals surface area contributed by atoms with Crippen molar-refractivity contribution in [3.05, 3.63) is 29.6 Å². The van der Waals surface area contributed by atoms with Crippen LogP contribution in [0.3, 0.4) is 0 Å². The van der Waals surface area contributed by atoms with Crippen molar-refractivity contribution in [3.63, 3.8) is 0 Å². The van der Waals surface area contributed by atoms with Crippen LogP contribution in [0.1, 0.15) is 55.4 Å². The number of alkyl halides is 1. The summed E-state index contributed by atoms with van der Waals surface area (Å²) in [5.41, 5.74) is 2.73. The maximum Gasteiger partial charge on any atom is 0.127 e. The Kier molecular flexibility index (Phi) is 2.97. The summed E-state index contributed by atoms with van der Waals surface area (Å²) in [4.78, 5) is 4.74. The number of hydrogen-bond donors (Lipinski definition) is 0. The molecule has 0 amide bonds. The van der Waals surface area contributed by atoms with Gasteiger partial charge in [0.1, 0.15) is 5.82 Å². The quantitative estimate of drug-likeness (QED) is 0.762. The fourth-order valence-electron chi connectivity index (χ4n) is 4.34. The van der Waals surface area contributed by atoms with E-state index in [-0.39, 0.29) is 5.38 Å². The topological polar surface area (TPSA) is 41.6 Å². The summed E-state index contributed by atoms with van der Waals surface area (Å²) >= 11 is 6.39. The van der Waals surface area contributed by atoms with Gasteiger partial charge < -0.3 is 4.57 Å². The summed E-state index contributed by atoms with van der Waals surface area (Å²) in [6.45, 7) is 1.98. The Bertz CT molecular complexity index is 740. The Hall–Kier alpha value is -1.53. The number of imidazole rings is 1. The van der Waals surface area contributed by atoms with E-state index in [1.54, 1.807) is 0 Å². The monoisotopic (exact) mass is 299 g/mol. The molecule has 0 radical (unpaired) electrons. The summed E-state index contributed by atoms with van der Waals surface area (Å²) in [6, 6.07) is 8.50. The lowest BCUT2D eigenvalue weighted by Gasteiger charge is -2.26. The van der Waals surface area contributed by atoms with Gasteiger partial charge in [-0.15, -0.1) is 11.6 Å². The average molecular weight is 300 g/mol. The Morgan fingerprint density at radius 1 is 1.38 bits per heavy atom. The van der Waals surface area contributed by atoms with E-state index < -0.39 is 0 Å². The first-order chi connectivity index (χ1) is 10.2. The lowest BCUT2D eigenvalue weighted by molar-refractivity contribution is 0.329. The molecule has 2 bridgehead atoms. The number of aromatic nitrogens is 2. The summed E-state index contributed by atoms with van der Waals surface area (Å²) in [7, 11) is 0. The second-order valence-corrected chi connectivity index (χ2v) is 7.17. The molecule has 3 nitrogen and oxygen atoms in total. The molecule has 4 rings (SSSR count). The van der Waals surface area contributed by atoms with Gasteiger partial charge in [-0.05, 0) is 56.2 Å². The molecule has 2 aliphatic carbocycles. The average Bonchev–Trinajstić information content (AvgIpc) is 3.18. The lowest BCUT2D eigenvalue weighted by atomic mass is 9.94. The third-order valence-corrected chi connectivity index (χ3v) is 5.43. The highest BCUT2D eigenvalue weighted by atomic mass is 35.5. The largest absolute Gasteiger partial charge is 0.323 e. The molecule has 4 atom stereocenters. The number of benzene rings is 1. The SMILES string of the molecule is CC(Cl)c1nc2ccc(C#N)cc2n1C1CC2CCC1C2. The van der Waals surface area contributed by atoms with E-state index in [1.165, 1.54) is 25.7 Å². The van der Waals surface area contributed by atoms with Gasteiger partial charge in [-0.3, -0.25) is 0 Å². The smallest absolute Gasteiger partial charge is 0.127 e. The number of halogens is 1. The highest BCUT2D eigenvalue weighted by Crippen LogP contribution is 2.52. The van der Waals surface area contributed by atoms with Crippen LogP contribution in [0.15, 0.2) is 18.2 Å². The molecule has 2 aromatic rings. The first-order valence-electron chi connectivity index (χ1n) is 7.73.